The molecule has 3 fully saturated rings. The summed E-state index contributed by atoms with van der Waals surface area (Å²) in [6.45, 7) is 35.3. The number of fused-ring (bicyclic) bond motifs is 5. The van der Waals surface area contributed by atoms with E-state index in [1.165, 1.54) is 94.6 Å². The van der Waals surface area contributed by atoms with Gasteiger partial charge in [0.1, 0.15) is 23.0 Å². The molecule has 6 N–H and O–H groups in total. The lowest BCUT2D eigenvalue weighted by atomic mass is 9.43. The minimum absolute atomic E-state index is 0.117. The van der Waals surface area contributed by atoms with E-state index in [0.29, 0.717) is 22.4 Å². The zero-order valence-electron chi connectivity index (χ0n) is 49.5. The number of nitrogens with two attached hydrogens (primary N) is 3. The van der Waals surface area contributed by atoms with E-state index in [2.05, 4.69) is 143 Å². The summed E-state index contributed by atoms with van der Waals surface area (Å²) in [6.07, 6.45) is 25.6. The lowest BCUT2D eigenvalue weighted by Gasteiger charge is -2.61. The lowest BCUT2D eigenvalue weighted by Crippen LogP contribution is -2.54. The van der Waals surface area contributed by atoms with Crippen molar-refractivity contribution < 1.29 is 9.47 Å². The molecule has 4 aromatic carbocycles. The molecule has 4 aromatic rings. The Balaban J connectivity index is 0.000000537. The van der Waals surface area contributed by atoms with Crippen LogP contribution in [0.4, 0.5) is 11.4 Å². The average Bonchev–Trinajstić information content (AvgIpc) is 3.74. The summed E-state index contributed by atoms with van der Waals surface area (Å²) in [7, 11) is 0. The highest BCUT2D eigenvalue weighted by atomic mass is 16.5. The number of rotatable bonds is 16. The minimum atomic E-state index is -0.117. The van der Waals surface area contributed by atoms with E-state index in [1.54, 1.807) is 6.92 Å². The van der Waals surface area contributed by atoms with Crippen LogP contribution in [-0.2, 0) is 5.41 Å². The van der Waals surface area contributed by atoms with Gasteiger partial charge in [0.25, 0.3) is 0 Å². The predicted molar refractivity (Wildman–Crippen MR) is 323 cm³/mol. The Labute approximate surface area is 454 Å². The van der Waals surface area contributed by atoms with Crippen LogP contribution in [0.2, 0.25) is 0 Å². The maximum absolute atomic E-state index is 6.26. The van der Waals surface area contributed by atoms with Crippen molar-refractivity contribution in [3.8, 4) is 23.0 Å². The Morgan fingerprint density at radius 1 is 0.581 bits per heavy atom. The molecule has 74 heavy (non-hydrogen) atoms. The van der Waals surface area contributed by atoms with Gasteiger partial charge in [-0.1, -0.05) is 184 Å². The smallest absolute Gasteiger partial charge is 0.127 e. The molecular weight excluding hydrogens is 903 g/mol. The fourth-order valence-corrected chi connectivity index (χ4v) is 13.4. The molecule has 5 heteroatoms. The summed E-state index contributed by atoms with van der Waals surface area (Å²) in [5.41, 5.74) is 22.3. The third kappa shape index (κ3) is 16.7. The highest BCUT2D eigenvalue weighted by Crippen LogP contribution is 2.68. The highest BCUT2D eigenvalue weighted by molar-refractivity contribution is 5.48. The van der Waals surface area contributed by atoms with Crippen LogP contribution in [0.5, 0.6) is 23.0 Å². The van der Waals surface area contributed by atoms with Crippen molar-refractivity contribution >= 4 is 11.4 Å². The summed E-state index contributed by atoms with van der Waals surface area (Å²) < 4.78 is 12.5. The Morgan fingerprint density at radius 3 is 1.43 bits per heavy atom. The van der Waals surface area contributed by atoms with Crippen LogP contribution in [0.25, 0.3) is 0 Å². The molecule has 0 radical (unpaired) electrons. The van der Waals surface area contributed by atoms with Crippen LogP contribution in [0.1, 0.15) is 204 Å². The second-order valence-corrected chi connectivity index (χ2v) is 24.4. The number of ether oxygens (including phenoxy) is 2. The summed E-state index contributed by atoms with van der Waals surface area (Å²) in [5.74, 6) is 10.5. The number of hydrogen-bond donors (Lipinski definition) is 3. The molecule has 0 amide bonds. The summed E-state index contributed by atoms with van der Waals surface area (Å²) in [6, 6.07) is 33.1. The molecule has 0 aromatic heterocycles. The molecule has 9 unspecified atom stereocenters. The van der Waals surface area contributed by atoms with Crippen LogP contribution in [0.3, 0.4) is 0 Å². The molecule has 4 aliphatic carbocycles. The lowest BCUT2D eigenvalue weighted by molar-refractivity contribution is -0.0720. The van der Waals surface area contributed by atoms with Crippen molar-refractivity contribution in [1.82, 2.24) is 0 Å². The van der Waals surface area contributed by atoms with Gasteiger partial charge in [0.15, 0.2) is 0 Å². The van der Waals surface area contributed by atoms with E-state index in [0.717, 1.165) is 94.6 Å². The molecular formula is C69H107N3O2. The molecule has 3 saturated carbocycles. The number of hydrogen-bond acceptors (Lipinski definition) is 5. The van der Waals surface area contributed by atoms with Gasteiger partial charge in [0.05, 0.1) is 0 Å². The number of benzene rings is 4. The van der Waals surface area contributed by atoms with Gasteiger partial charge in [0, 0.05) is 16.8 Å². The van der Waals surface area contributed by atoms with E-state index in [9.17, 15) is 0 Å². The van der Waals surface area contributed by atoms with Crippen LogP contribution in [0, 0.1) is 64.1 Å². The molecule has 0 spiro atoms. The first-order valence-electron chi connectivity index (χ1n) is 29.7. The van der Waals surface area contributed by atoms with E-state index >= 15 is 0 Å². The number of allylic oxidation sites excluding steroid dienone is 3. The maximum Gasteiger partial charge on any atom is 0.127 e. The SMILES string of the molecule is C=C(C)N.CC.CC(C)CCCC(C)C1CCC2C3C=CC4CC(c5ccc(Oc6ccc(N)cc6)cc5)(c5ccc(Oc6ccc(N)cc6)cc5)CCC4(C)C3CCC12C.CCC.CCC(C)CCCC(C)C. The summed E-state index contributed by atoms with van der Waals surface area (Å²) in [4.78, 5) is 0. The van der Waals surface area contributed by atoms with E-state index < -0.39 is 0 Å². The van der Waals surface area contributed by atoms with Gasteiger partial charge in [-0.15, -0.1) is 0 Å². The summed E-state index contributed by atoms with van der Waals surface area (Å²) in [5, 5.41) is 0. The van der Waals surface area contributed by atoms with Crippen molar-refractivity contribution in [2.24, 2.45) is 69.8 Å². The van der Waals surface area contributed by atoms with Crippen LogP contribution in [-0.4, -0.2) is 0 Å². The third-order valence-electron chi connectivity index (χ3n) is 17.7. The molecule has 0 heterocycles. The Kier molecular flexibility index (Phi) is 24.8. The molecule has 9 atom stereocenters. The Morgan fingerprint density at radius 2 is 1.00 bits per heavy atom. The van der Waals surface area contributed by atoms with Crippen molar-refractivity contribution in [1.29, 1.82) is 0 Å². The van der Waals surface area contributed by atoms with Crippen LogP contribution < -0.4 is 26.7 Å². The van der Waals surface area contributed by atoms with Crippen LogP contribution >= 0.6 is 0 Å². The third-order valence-corrected chi connectivity index (χ3v) is 17.7. The average molecular weight is 1010 g/mol. The van der Waals surface area contributed by atoms with Crippen molar-refractivity contribution in [3.05, 3.63) is 133 Å². The fourth-order valence-electron chi connectivity index (χ4n) is 13.4. The standard InChI is InChI=1S/C51H64N2O2.C10H22.C3H7N.C3H8.C2H6/c1-34(2)7-6-8-35(3)46-27-28-47-45-26-13-38-33-51(32-31-49(38,4)48(45)29-30-50(46,47)5,36-9-18-41(19-10-36)54-43-22-14-39(52)15-23-43)37-11-20-42(21-12-37)55-44-24-16-40(53)17-25-44;1-5-10(4)8-6-7-9(2)3;1-3(2)4;1-3-2;1-2/h9-26,34-35,38,45-48H,6-8,27-33,52-53H2,1-5H3;9-10H,5-8H2,1-4H3;1,4H2,2H3;3H2,1-2H3;1-2H3. The number of anilines is 2. The van der Waals surface area contributed by atoms with Gasteiger partial charge in [-0.05, 0) is 206 Å². The summed E-state index contributed by atoms with van der Waals surface area (Å²) >= 11 is 0. The molecule has 0 saturated heterocycles. The number of nitrogen functional groups attached to an aromatic ring is 2. The monoisotopic (exact) mass is 1010 g/mol. The minimum Gasteiger partial charge on any atom is -0.457 e. The maximum atomic E-state index is 6.26. The van der Waals surface area contributed by atoms with Gasteiger partial charge in [-0.25, -0.2) is 0 Å². The molecule has 5 nitrogen and oxygen atoms in total. The van der Waals surface area contributed by atoms with E-state index in [4.69, 9.17) is 26.7 Å². The topological polar surface area (TPSA) is 96.5 Å². The zero-order valence-corrected chi connectivity index (χ0v) is 49.5. The molecule has 4 aliphatic rings. The van der Waals surface area contributed by atoms with Crippen LogP contribution in [0.15, 0.2) is 121 Å². The quantitative estimate of drug-likeness (QED) is 0.0768. The first-order valence-corrected chi connectivity index (χ1v) is 29.7. The molecule has 8 rings (SSSR count). The Hall–Kier alpha value is -4.64. The molecule has 410 valence electrons. The zero-order chi connectivity index (χ0) is 54.6. The van der Waals surface area contributed by atoms with Crippen molar-refractivity contribution in [2.45, 2.75) is 199 Å². The first kappa shape index (κ1) is 61.9. The first-order chi connectivity index (χ1) is 35.3. The fraction of sp³-hybridized carbons (Fsp3) is 0.594. The largest absolute Gasteiger partial charge is 0.457 e. The van der Waals surface area contributed by atoms with Gasteiger partial charge in [-0.3, -0.25) is 0 Å². The molecule has 0 bridgehead atoms. The second-order valence-electron chi connectivity index (χ2n) is 24.4. The van der Waals surface area contributed by atoms with Gasteiger partial charge < -0.3 is 26.7 Å². The van der Waals surface area contributed by atoms with E-state index in [1.807, 2.05) is 62.4 Å². The second kappa shape index (κ2) is 29.6. The molecule has 0 aliphatic heterocycles. The van der Waals surface area contributed by atoms with Crippen molar-refractivity contribution in [2.75, 3.05) is 11.5 Å². The van der Waals surface area contributed by atoms with Gasteiger partial charge in [-0.2, -0.15) is 0 Å². The Bertz CT molecular complexity index is 2130. The van der Waals surface area contributed by atoms with E-state index in [-0.39, 0.29) is 5.41 Å². The van der Waals surface area contributed by atoms with Crippen molar-refractivity contribution in [3.63, 3.8) is 0 Å². The highest BCUT2D eigenvalue weighted by Gasteiger charge is 2.61. The normalized spacial score (nSPS) is 24.8. The van der Waals surface area contributed by atoms with Gasteiger partial charge in [0.2, 0.25) is 0 Å². The predicted octanol–water partition coefficient (Wildman–Crippen LogP) is 20.4. The van der Waals surface area contributed by atoms with Gasteiger partial charge >= 0.3 is 0 Å².